The predicted molar refractivity (Wildman–Crippen MR) is 115 cm³/mol. The number of rotatable bonds is 7. The van der Waals surface area contributed by atoms with E-state index in [-0.39, 0.29) is 6.04 Å². The van der Waals surface area contributed by atoms with E-state index in [1.54, 1.807) is 4.90 Å². The zero-order chi connectivity index (χ0) is 19.8. The number of para-hydroxylation sites is 1. The van der Waals surface area contributed by atoms with Crippen molar-refractivity contribution in [2.45, 2.75) is 51.5 Å². The van der Waals surface area contributed by atoms with Gasteiger partial charge in [0.1, 0.15) is 0 Å². The Morgan fingerprint density at radius 2 is 1.71 bits per heavy atom. The van der Waals surface area contributed by atoms with Crippen LogP contribution in [0.5, 0.6) is 0 Å². The van der Waals surface area contributed by atoms with E-state index in [4.69, 9.17) is 0 Å². The van der Waals surface area contributed by atoms with Crippen molar-refractivity contribution in [2.24, 2.45) is 11.8 Å². The number of carbonyl (C=O) groups is 1. The smallest absolute Gasteiger partial charge is 0.412 e. The zero-order valence-electron chi connectivity index (χ0n) is 16.8. The first-order valence-corrected chi connectivity index (χ1v) is 10.4. The van der Waals surface area contributed by atoms with Crippen LogP contribution in [-0.2, 0) is 0 Å². The van der Waals surface area contributed by atoms with E-state index in [2.05, 4.69) is 31.7 Å². The molecule has 2 aliphatic carbocycles. The molecule has 28 heavy (non-hydrogen) atoms. The molecule has 2 saturated carbocycles. The molecule has 4 rings (SSSR count). The van der Waals surface area contributed by atoms with Crippen LogP contribution in [0, 0.1) is 11.8 Å². The average molecular weight is 376 g/mol. The summed E-state index contributed by atoms with van der Waals surface area (Å²) in [5.41, 5.74) is 5.10. The summed E-state index contributed by atoms with van der Waals surface area (Å²) in [5.74, 6) is 1.51. The first kappa shape index (κ1) is 18.8. The fraction of sp³-hybridized carbons (Fsp3) is 0.400. The van der Waals surface area contributed by atoms with Gasteiger partial charge in [0.15, 0.2) is 0 Å². The molecule has 2 fully saturated rings. The molecule has 146 valence electrons. The Hall–Kier alpha value is -2.55. The molecule has 0 aromatic heterocycles. The number of benzene rings is 2. The van der Waals surface area contributed by atoms with Crippen LogP contribution in [0.3, 0.4) is 0 Å². The molecule has 0 spiro atoms. The number of amides is 1. The van der Waals surface area contributed by atoms with Crippen LogP contribution in [0.25, 0.3) is 5.57 Å². The van der Waals surface area contributed by atoms with E-state index in [0.29, 0.717) is 17.8 Å². The van der Waals surface area contributed by atoms with Crippen LogP contribution < -0.4 is 4.90 Å². The molecule has 2 atom stereocenters. The number of anilines is 1. The van der Waals surface area contributed by atoms with Crippen LogP contribution in [0.2, 0.25) is 0 Å². The third-order valence-corrected chi connectivity index (χ3v) is 6.42. The zero-order valence-corrected chi connectivity index (χ0v) is 16.8. The van der Waals surface area contributed by atoms with Crippen molar-refractivity contribution >= 4 is 17.4 Å². The highest BCUT2D eigenvalue weighted by Crippen LogP contribution is 2.50. The summed E-state index contributed by atoms with van der Waals surface area (Å²) in [4.78, 5) is 14.1. The van der Waals surface area contributed by atoms with Gasteiger partial charge in [0, 0.05) is 5.56 Å². The molecule has 0 aliphatic heterocycles. The van der Waals surface area contributed by atoms with Crippen molar-refractivity contribution < 1.29 is 9.90 Å². The fourth-order valence-corrected chi connectivity index (χ4v) is 4.29. The standard InChI is InChI=1S/C25H29NO2/c1-16(19-12-13-19)22-10-7-11-23(17(2)20-14-15-20)24(22)26(25(27)28)18(3)21-8-5-4-6-9-21/h4-11,17-20H,1,12-15H2,2-3H3,(H,27,28)/t17-,18+/m1/s1. The van der Waals surface area contributed by atoms with Gasteiger partial charge in [-0.1, -0.05) is 62.0 Å². The maximum atomic E-state index is 12.5. The first-order chi connectivity index (χ1) is 13.5. The monoisotopic (exact) mass is 375 g/mol. The first-order valence-electron chi connectivity index (χ1n) is 10.4. The lowest BCUT2D eigenvalue weighted by molar-refractivity contribution is 0.199. The van der Waals surface area contributed by atoms with Gasteiger partial charge in [-0.25, -0.2) is 4.79 Å². The molecule has 0 bridgehead atoms. The molecule has 1 amide bonds. The van der Waals surface area contributed by atoms with Crippen molar-refractivity contribution in [2.75, 3.05) is 4.90 Å². The van der Waals surface area contributed by atoms with Crippen molar-refractivity contribution in [1.29, 1.82) is 0 Å². The van der Waals surface area contributed by atoms with Gasteiger partial charge in [-0.05, 0) is 67.1 Å². The number of carboxylic acid groups (broad SMARTS) is 1. The van der Waals surface area contributed by atoms with Gasteiger partial charge in [0.25, 0.3) is 0 Å². The maximum Gasteiger partial charge on any atom is 0.412 e. The normalized spacial score (nSPS) is 18.4. The lowest BCUT2D eigenvalue weighted by atomic mass is 9.88. The summed E-state index contributed by atoms with van der Waals surface area (Å²) >= 11 is 0. The molecular formula is C25H29NO2. The topological polar surface area (TPSA) is 40.5 Å². The van der Waals surface area contributed by atoms with E-state index >= 15 is 0 Å². The van der Waals surface area contributed by atoms with Gasteiger partial charge in [0.05, 0.1) is 11.7 Å². The number of allylic oxidation sites excluding steroid dienone is 1. The van der Waals surface area contributed by atoms with Gasteiger partial charge in [0.2, 0.25) is 0 Å². The van der Waals surface area contributed by atoms with Crippen LogP contribution >= 0.6 is 0 Å². The molecule has 2 aliphatic rings. The third-order valence-electron chi connectivity index (χ3n) is 6.42. The summed E-state index contributed by atoms with van der Waals surface area (Å²) in [6.45, 7) is 8.58. The Morgan fingerprint density at radius 3 is 2.29 bits per heavy atom. The van der Waals surface area contributed by atoms with Crippen molar-refractivity contribution in [3.8, 4) is 0 Å². The second kappa shape index (κ2) is 7.46. The Labute approximate surface area is 167 Å². The summed E-state index contributed by atoms with van der Waals surface area (Å²) in [6, 6.07) is 15.9. The minimum absolute atomic E-state index is 0.267. The molecule has 3 heteroatoms. The van der Waals surface area contributed by atoms with Gasteiger partial charge in [-0.15, -0.1) is 0 Å². The van der Waals surface area contributed by atoms with Gasteiger partial charge < -0.3 is 5.11 Å². The molecular weight excluding hydrogens is 346 g/mol. The Balaban J connectivity index is 1.85. The molecule has 2 aromatic rings. The van der Waals surface area contributed by atoms with Crippen LogP contribution in [0.1, 0.15) is 68.2 Å². The molecule has 1 N–H and O–H groups in total. The SMILES string of the molecule is C=C(c1cccc([C@H](C)C2CC2)c1N(C(=O)O)[C@@H](C)c1ccccc1)C1CC1. The lowest BCUT2D eigenvalue weighted by Crippen LogP contribution is -2.34. The molecule has 0 saturated heterocycles. The highest BCUT2D eigenvalue weighted by Gasteiger charge is 2.36. The number of nitrogens with zero attached hydrogens (tertiary/aromatic N) is 1. The third kappa shape index (κ3) is 3.58. The van der Waals surface area contributed by atoms with Gasteiger partial charge in [-0.2, -0.15) is 0 Å². The van der Waals surface area contributed by atoms with Gasteiger partial charge in [-0.3, -0.25) is 4.90 Å². The largest absolute Gasteiger partial charge is 0.465 e. The second-order valence-corrected chi connectivity index (χ2v) is 8.41. The summed E-state index contributed by atoms with van der Waals surface area (Å²) in [6.07, 6.45) is 3.87. The highest BCUT2D eigenvalue weighted by molar-refractivity contribution is 5.94. The van der Waals surface area contributed by atoms with E-state index < -0.39 is 6.09 Å². The molecule has 3 nitrogen and oxygen atoms in total. The minimum Gasteiger partial charge on any atom is -0.465 e. The Bertz CT molecular complexity index is 881. The second-order valence-electron chi connectivity index (χ2n) is 8.41. The molecule has 2 aromatic carbocycles. The molecule has 0 unspecified atom stereocenters. The Kier molecular flexibility index (Phi) is 5.01. The predicted octanol–water partition coefficient (Wildman–Crippen LogP) is 6.87. The van der Waals surface area contributed by atoms with Crippen molar-refractivity contribution in [1.82, 2.24) is 0 Å². The average Bonchev–Trinajstić information content (AvgIpc) is 3.59. The summed E-state index contributed by atoms with van der Waals surface area (Å²) < 4.78 is 0. The van der Waals surface area contributed by atoms with Crippen molar-refractivity contribution in [3.63, 3.8) is 0 Å². The van der Waals surface area contributed by atoms with E-state index in [0.717, 1.165) is 40.8 Å². The Morgan fingerprint density at radius 1 is 1.04 bits per heavy atom. The number of hydrogen-bond donors (Lipinski definition) is 1. The van der Waals surface area contributed by atoms with E-state index in [9.17, 15) is 9.90 Å². The van der Waals surface area contributed by atoms with Gasteiger partial charge >= 0.3 is 6.09 Å². The van der Waals surface area contributed by atoms with Crippen LogP contribution in [0.4, 0.5) is 10.5 Å². The maximum absolute atomic E-state index is 12.5. The quantitative estimate of drug-likeness (QED) is 0.573. The van der Waals surface area contributed by atoms with Crippen molar-refractivity contribution in [3.05, 3.63) is 71.8 Å². The van der Waals surface area contributed by atoms with Crippen LogP contribution in [0.15, 0.2) is 55.1 Å². The minimum atomic E-state index is -0.906. The summed E-state index contributed by atoms with van der Waals surface area (Å²) in [7, 11) is 0. The summed E-state index contributed by atoms with van der Waals surface area (Å²) in [5, 5.41) is 10.3. The highest BCUT2D eigenvalue weighted by atomic mass is 16.4. The molecule has 0 radical (unpaired) electrons. The lowest BCUT2D eigenvalue weighted by Gasteiger charge is -2.33. The van der Waals surface area contributed by atoms with Crippen LogP contribution in [-0.4, -0.2) is 11.2 Å². The number of hydrogen-bond acceptors (Lipinski definition) is 1. The molecule has 0 heterocycles. The van der Waals surface area contributed by atoms with E-state index in [1.807, 2.05) is 37.3 Å². The van der Waals surface area contributed by atoms with E-state index in [1.165, 1.54) is 12.8 Å². The fourth-order valence-electron chi connectivity index (χ4n) is 4.29.